The lowest BCUT2D eigenvalue weighted by Gasteiger charge is -2.28. The fourth-order valence-electron chi connectivity index (χ4n) is 2.74. The smallest absolute Gasteiger partial charge is 0.347 e. The number of rotatable bonds is 4. The van der Waals surface area contributed by atoms with E-state index in [1.54, 1.807) is 41.4 Å². The predicted octanol–water partition coefficient (Wildman–Crippen LogP) is 2.88. The molecule has 0 aliphatic carbocycles. The van der Waals surface area contributed by atoms with Crippen molar-refractivity contribution in [2.24, 2.45) is 4.40 Å². The molecular formula is C20H16N2O5S. The van der Waals surface area contributed by atoms with Gasteiger partial charge >= 0.3 is 5.97 Å². The Bertz CT molecular complexity index is 1090. The molecule has 0 spiro atoms. The van der Waals surface area contributed by atoms with Gasteiger partial charge < -0.3 is 14.4 Å². The fourth-order valence-corrected chi connectivity index (χ4v) is 3.72. The topological polar surface area (TPSA) is 85.3 Å². The van der Waals surface area contributed by atoms with Gasteiger partial charge in [-0.3, -0.25) is 0 Å². The summed E-state index contributed by atoms with van der Waals surface area (Å²) >= 11 is 0. The van der Waals surface area contributed by atoms with Crippen molar-refractivity contribution in [2.45, 2.75) is 0 Å². The lowest BCUT2D eigenvalue weighted by Crippen LogP contribution is -2.40. The molecule has 0 unspecified atom stereocenters. The third kappa shape index (κ3) is 3.96. The molecule has 0 amide bonds. The summed E-state index contributed by atoms with van der Waals surface area (Å²) in [5.74, 6) is 0.922. The highest BCUT2D eigenvalue weighted by Crippen LogP contribution is 2.25. The Hall–Kier alpha value is -3.39. The zero-order chi connectivity index (χ0) is 19.6. The third-order valence-electron chi connectivity index (χ3n) is 4.09. The van der Waals surface area contributed by atoms with Crippen LogP contribution in [0.25, 0.3) is 0 Å². The molecule has 28 heavy (non-hydrogen) atoms. The summed E-state index contributed by atoms with van der Waals surface area (Å²) < 4.78 is 38.4. The predicted molar refractivity (Wildman–Crippen MR) is 104 cm³/mol. The molecule has 2 aliphatic heterocycles. The molecule has 0 aromatic heterocycles. The second kappa shape index (κ2) is 7.32. The van der Waals surface area contributed by atoms with Crippen LogP contribution in [0.2, 0.25) is 0 Å². The minimum absolute atomic E-state index is 0.0859. The molecule has 2 aromatic rings. The number of esters is 1. The Morgan fingerprint density at radius 3 is 2.39 bits per heavy atom. The number of allylic oxidation sites excluding steroid dienone is 2. The van der Waals surface area contributed by atoms with Gasteiger partial charge in [0.15, 0.2) is 5.84 Å². The van der Waals surface area contributed by atoms with Crippen LogP contribution in [0.4, 0.5) is 0 Å². The van der Waals surface area contributed by atoms with Crippen molar-refractivity contribution in [3.8, 4) is 17.2 Å². The summed E-state index contributed by atoms with van der Waals surface area (Å²) in [7, 11) is -3.58. The minimum atomic E-state index is -3.58. The van der Waals surface area contributed by atoms with Crippen molar-refractivity contribution in [2.75, 3.05) is 12.3 Å². The standard InChI is InChI=1S/C20H16N2O5S/c23-20(18-7-4-12-22-13-14-28(24,25)21-19(18)22)27-17-10-8-16(9-11-17)26-15-5-2-1-3-6-15/h1-12H,13-14H2. The van der Waals surface area contributed by atoms with Crippen molar-refractivity contribution in [3.05, 3.63) is 78.5 Å². The molecule has 0 saturated carbocycles. The van der Waals surface area contributed by atoms with Gasteiger partial charge in [0.25, 0.3) is 10.0 Å². The number of fused-ring (bicyclic) bond motifs is 1. The number of carbonyl (C=O) groups excluding carboxylic acids is 1. The van der Waals surface area contributed by atoms with Crippen LogP contribution in [-0.2, 0) is 14.8 Å². The van der Waals surface area contributed by atoms with Crippen molar-refractivity contribution in [1.29, 1.82) is 0 Å². The van der Waals surface area contributed by atoms with E-state index in [1.807, 2.05) is 30.3 Å². The van der Waals surface area contributed by atoms with Crippen LogP contribution < -0.4 is 9.47 Å². The average molecular weight is 396 g/mol. The van der Waals surface area contributed by atoms with E-state index < -0.39 is 16.0 Å². The Labute approximate surface area is 162 Å². The molecule has 7 nitrogen and oxygen atoms in total. The van der Waals surface area contributed by atoms with Gasteiger partial charge in [0.2, 0.25) is 0 Å². The van der Waals surface area contributed by atoms with Gasteiger partial charge in [-0.1, -0.05) is 18.2 Å². The quantitative estimate of drug-likeness (QED) is 0.584. The van der Waals surface area contributed by atoms with Crippen molar-refractivity contribution >= 4 is 21.8 Å². The molecule has 0 bridgehead atoms. The van der Waals surface area contributed by atoms with Gasteiger partial charge in [-0.2, -0.15) is 0 Å². The molecule has 0 fully saturated rings. The lowest BCUT2D eigenvalue weighted by molar-refractivity contribution is -0.129. The summed E-state index contributed by atoms with van der Waals surface area (Å²) in [6, 6.07) is 15.9. The van der Waals surface area contributed by atoms with Crippen LogP contribution in [0, 0.1) is 0 Å². The molecule has 4 rings (SSSR count). The first-order chi connectivity index (χ1) is 13.5. The van der Waals surface area contributed by atoms with Crippen LogP contribution in [-0.4, -0.2) is 37.4 Å². The number of nitrogens with zero attached hydrogens (tertiary/aromatic N) is 2. The first kappa shape index (κ1) is 18.0. The Morgan fingerprint density at radius 1 is 0.964 bits per heavy atom. The molecule has 0 N–H and O–H groups in total. The number of ether oxygens (including phenoxy) is 2. The van der Waals surface area contributed by atoms with E-state index in [9.17, 15) is 13.2 Å². The van der Waals surface area contributed by atoms with Gasteiger partial charge in [-0.15, -0.1) is 4.40 Å². The van der Waals surface area contributed by atoms with Gasteiger partial charge in [0, 0.05) is 12.7 Å². The van der Waals surface area contributed by atoms with Crippen LogP contribution >= 0.6 is 0 Å². The van der Waals surface area contributed by atoms with E-state index in [0.717, 1.165) is 0 Å². The molecule has 142 valence electrons. The summed E-state index contributed by atoms with van der Waals surface area (Å²) in [6.45, 7) is 0.244. The zero-order valence-corrected chi connectivity index (χ0v) is 15.5. The normalized spacial score (nSPS) is 17.2. The van der Waals surface area contributed by atoms with E-state index in [0.29, 0.717) is 17.2 Å². The van der Waals surface area contributed by atoms with Crippen LogP contribution in [0.15, 0.2) is 82.9 Å². The van der Waals surface area contributed by atoms with Gasteiger partial charge in [-0.25, -0.2) is 13.2 Å². The van der Waals surface area contributed by atoms with Gasteiger partial charge in [0.05, 0.1) is 5.75 Å². The number of sulfonamides is 1. The van der Waals surface area contributed by atoms with Gasteiger partial charge in [0.1, 0.15) is 22.8 Å². The van der Waals surface area contributed by atoms with E-state index in [4.69, 9.17) is 9.47 Å². The molecule has 2 aliphatic rings. The second-order valence-corrected chi connectivity index (χ2v) is 7.85. The highest BCUT2D eigenvalue weighted by Gasteiger charge is 2.30. The van der Waals surface area contributed by atoms with E-state index in [1.165, 1.54) is 6.08 Å². The number of amidine groups is 1. The first-order valence-electron chi connectivity index (χ1n) is 8.53. The SMILES string of the molecule is O=C(Oc1ccc(Oc2ccccc2)cc1)C1=CC=CN2CCS(=O)(=O)N=C12. The molecule has 2 heterocycles. The Morgan fingerprint density at radius 2 is 1.64 bits per heavy atom. The Kier molecular flexibility index (Phi) is 4.70. The van der Waals surface area contributed by atoms with Crippen LogP contribution in [0.1, 0.15) is 0 Å². The maximum absolute atomic E-state index is 12.6. The number of hydrogen-bond acceptors (Lipinski definition) is 6. The van der Waals surface area contributed by atoms with E-state index in [2.05, 4.69) is 4.40 Å². The Balaban J connectivity index is 1.48. The van der Waals surface area contributed by atoms with Crippen molar-refractivity contribution in [1.82, 2.24) is 4.90 Å². The van der Waals surface area contributed by atoms with Gasteiger partial charge in [-0.05, 0) is 48.6 Å². The molecule has 0 atom stereocenters. The number of hydrogen-bond donors (Lipinski definition) is 0. The fraction of sp³-hybridized carbons (Fsp3) is 0.100. The van der Waals surface area contributed by atoms with Crippen LogP contribution in [0.5, 0.6) is 17.2 Å². The molecule has 0 radical (unpaired) electrons. The maximum Gasteiger partial charge on any atom is 0.347 e. The lowest BCUT2D eigenvalue weighted by atomic mass is 10.1. The van der Waals surface area contributed by atoms with Crippen molar-refractivity contribution in [3.63, 3.8) is 0 Å². The largest absolute Gasteiger partial charge is 0.457 e. The zero-order valence-electron chi connectivity index (χ0n) is 14.7. The van der Waals surface area contributed by atoms with Crippen molar-refractivity contribution < 1.29 is 22.7 Å². The highest BCUT2D eigenvalue weighted by atomic mass is 32.2. The molecular weight excluding hydrogens is 380 g/mol. The van der Waals surface area contributed by atoms with Crippen LogP contribution in [0.3, 0.4) is 0 Å². The summed E-state index contributed by atoms with van der Waals surface area (Å²) in [4.78, 5) is 14.2. The number of para-hydroxylation sites is 1. The highest BCUT2D eigenvalue weighted by molar-refractivity contribution is 7.90. The molecule has 8 heteroatoms. The average Bonchev–Trinajstić information content (AvgIpc) is 2.69. The molecule has 2 aromatic carbocycles. The second-order valence-electron chi connectivity index (χ2n) is 6.09. The summed E-state index contributed by atoms with van der Waals surface area (Å²) in [5, 5.41) is 0. The summed E-state index contributed by atoms with van der Waals surface area (Å²) in [6.07, 6.45) is 4.83. The first-order valence-corrected chi connectivity index (χ1v) is 10.1. The monoisotopic (exact) mass is 396 g/mol. The summed E-state index contributed by atoms with van der Waals surface area (Å²) in [5.41, 5.74) is 0.0930. The minimum Gasteiger partial charge on any atom is -0.457 e. The molecule has 0 saturated heterocycles. The maximum atomic E-state index is 12.6. The third-order valence-corrected chi connectivity index (χ3v) is 5.24. The van der Waals surface area contributed by atoms with E-state index >= 15 is 0 Å². The number of benzene rings is 2. The van der Waals surface area contributed by atoms with E-state index in [-0.39, 0.29) is 23.7 Å². The number of carbonyl (C=O) groups is 1.